The Morgan fingerprint density at radius 2 is 1.92 bits per heavy atom. The second-order valence-corrected chi connectivity index (χ2v) is 6.21. The van der Waals surface area contributed by atoms with Gasteiger partial charge in [0.15, 0.2) is 5.69 Å². The van der Waals surface area contributed by atoms with Crippen LogP contribution >= 0.6 is 11.7 Å². The van der Waals surface area contributed by atoms with Crippen molar-refractivity contribution in [2.45, 2.75) is 6.54 Å². The smallest absolute Gasteiger partial charge is 0.280 e. The minimum absolute atomic E-state index is 0.113. The number of nitrogens with one attached hydrogen (secondary N) is 1. The van der Waals surface area contributed by atoms with E-state index >= 15 is 0 Å². The molecule has 2 aromatic heterocycles. The Balaban J connectivity index is 1.63. The molecule has 0 aliphatic rings. The molecule has 2 heterocycles. The molecule has 0 saturated heterocycles. The van der Waals surface area contributed by atoms with Crippen LogP contribution in [-0.2, 0) is 6.54 Å². The molecule has 4 aromatic rings. The lowest BCUT2D eigenvalue weighted by Crippen LogP contribution is -2.32. The number of aromatic amines is 1. The van der Waals surface area contributed by atoms with Crippen LogP contribution in [0.3, 0.4) is 0 Å². The summed E-state index contributed by atoms with van der Waals surface area (Å²) in [6, 6.07) is 12.8. The predicted molar refractivity (Wildman–Crippen MR) is 95.6 cm³/mol. The summed E-state index contributed by atoms with van der Waals surface area (Å²) >= 11 is 1.15. The number of hydrogen-bond acceptors (Lipinski definition) is 6. The van der Waals surface area contributed by atoms with E-state index in [9.17, 15) is 9.59 Å². The number of para-hydroxylation sites is 2. The van der Waals surface area contributed by atoms with E-state index in [4.69, 9.17) is 0 Å². The molecule has 1 N–H and O–H groups in total. The second kappa shape index (κ2) is 6.06. The highest BCUT2D eigenvalue weighted by Crippen LogP contribution is 2.15. The van der Waals surface area contributed by atoms with Crippen LogP contribution in [0, 0.1) is 0 Å². The number of H-pyrrole nitrogens is 1. The number of benzene rings is 2. The summed E-state index contributed by atoms with van der Waals surface area (Å²) in [6.07, 6.45) is 0. The van der Waals surface area contributed by atoms with Gasteiger partial charge in [0.25, 0.3) is 11.5 Å². The Labute approximate surface area is 146 Å². The van der Waals surface area contributed by atoms with Crippen molar-refractivity contribution in [3.63, 3.8) is 0 Å². The first-order valence-corrected chi connectivity index (χ1v) is 8.30. The van der Waals surface area contributed by atoms with Gasteiger partial charge < -0.3 is 9.88 Å². The molecule has 0 atom stereocenters. The minimum Gasteiger partial charge on any atom is -0.336 e. The van der Waals surface area contributed by atoms with E-state index < -0.39 is 11.5 Å². The van der Waals surface area contributed by atoms with E-state index in [0.717, 1.165) is 28.3 Å². The number of amides is 1. The van der Waals surface area contributed by atoms with Crippen LogP contribution in [0.5, 0.6) is 0 Å². The van der Waals surface area contributed by atoms with Gasteiger partial charge in [0, 0.05) is 13.6 Å². The fourth-order valence-corrected chi connectivity index (χ4v) is 3.14. The van der Waals surface area contributed by atoms with Gasteiger partial charge in [0.05, 0.1) is 22.8 Å². The van der Waals surface area contributed by atoms with Gasteiger partial charge in [-0.2, -0.15) is 8.75 Å². The Hall–Kier alpha value is -3.13. The van der Waals surface area contributed by atoms with Crippen LogP contribution in [-0.4, -0.2) is 36.6 Å². The molecule has 0 radical (unpaired) electrons. The highest BCUT2D eigenvalue weighted by molar-refractivity contribution is 7.00. The molecule has 0 unspecified atom stereocenters. The van der Waals surface area contributed by atoms with Crippen LogP contribution in [0.25, 0.3) is 22.1 Å². The van der Waals surface area contributed by atoms with Gasteiger partial charge in [-0.3, -0.25) is 9.59 Å². The summed E-state index contributed by atoms with van der Waals surface area (Å²) in [5.74, 6) is -0.427. The molecule has 0 aliphatic carbocycles. The van der Waals surface area contributed by atoms with Crippen LogP contribution in [0.15, 0.2) is 47.3 Å². The van der Waals surface area contributed by atoms with Gasteiger partial charge in [0.1, 0.15) is 11.0 Å². The Morgan fingerprint density at radius 1 is 1.12 bits per heavy atom. The lowest BCUT2D eigenvalue weighted by atomic mass is 10.2. The van der Waals surface area contributed by atoms with Crippen molar-refractivity contribution < 1.29 is 4.79 Å². The van der Waals surface area contributed by atoms with Crippen LogP contribution in [0.4, 0.5) is 0 Å². The zero-order valence-electron chi connectivity index (χ0n) is 13.3. The minimum atomic E-state index is -0.491. The van der Waals surface area contributed by atoms with Gasteiger partial charge in [0.2, 0.25) is 0 Å². The topological polar surface area (TPSA) is 91.8 Å². The lowest BCUT2D eigenvalue weighted by molar-refractivity contribution is 0.0778. The van der Waals surface area contributed by atoms with E-state index in [1.54, 1.807) is 25.2 Å². The zero-order chi connectivity index (χ0) is 17.4. The molecule has 8 heteroatoms. The van der Waals surface area contributed by atoms with Crippen molar-refractivity contribution in [3.8, 4) is 0 Å². The van der Waals surface area contributed by atoms with E-state index in [-0.39, 0.29) is 5.69 Å². The van der Waals surface area contributed by atoms with E-state index in [1.165, 1.54) is 4.90 Å². The highest BCUT2D eigenvalue weighted by Gasteiger charge is 2.18. The van der Waals surface area contributed by atoms with E-state index in [0.29, 0.717) is 17.6 Å². The summed E-state index contributed by atoms with van der Waals surface area (Å²) in [5, 5.41) is 0. The van der Waals surface area contributed by atoms with Gasteiger partial charge in [-0.1, -0.05) is 18.2 Å². The molecule has 124 valence electrons. The fraction of sp³-hybridized carbons (Fsp3) is 0.118. The van der Waals surface area contributed by atoms with Crippen molar-refractivity contribution in [2.75, 3.05) is 7.05 Å². The monoisotopic (exact) mass is 351 g/mol. The van der Waals surface area contributed by atoms with Gasteiger partial charge in [-0.25, -0.2) is 4.98 Å². The van der Waals surface area contributed by atoms with Gasteiger partial charge >= 0.3 is 0 Å². The van der Waals surface area contributed by atoms with E-state index in [1.807, 2.05) is 24.3 Å². The molecular formula is C17H13N5O2S. The van der Waals surface area contributed by atoms with Crippen LogP contribution in [0.2, 0.25) is 0 Å². The maximum atomic E-state index is 12.6. The Kier molecular flexibility index (Phi) is 3.73. The van der Waals surface area contributed by atoms with Gasteiger partial charge in [-0.05, 0) is 29.8 Å². The van der Waals surface area contributed by atoms with Crippen molar-refractivity contribution in [1.82, 2.24) is 23.6 Å². The number of nitrogens with zero attached hydrogens (tertiary/aromatic N) is 4. The summed E-state index contributed by atoms with van der Waals surface area (Å²) < 4.78 is 8.35. The summed E-state index contributed by atoms with van der Waals surface area (Å²) in [6.45, 7) is 0.347. The Morgan fingerprint density at radius 3 is 2.80 bits per heavy atom. The third kappa shape index (κ3) is 2.87. The molecule has 2 aromatic carbocycles. The SMILES string of the molecule is CN(Cc1ccc2nsnc2c1)C(=O)c1nc2ccccc2[nH]c1=O. The quantitative estimate of drug-likeness (QED) is 0.611. The average molecular weight is 351 g/mol. The number of aromatic nitrogens is 4. The van der Waals surface area contributed by atoms with E-state index in [2.05, 4.69) is 18.7 Å². The van der Waals surface area contributed by atoms with Crippen LogP contribution < -0.4 is 5.56 Å². The van der Waals surface area contributed by atoms with Crippen molar-refractivity contribution >= 4 is 39.7 Å². The van der Waals surface area contributed by atoms with Gasteiger partial charge in [-0.15, -0.1) is 0 Å². The maximum Gasteiger partial charge on any atom is 0.280 e. The molecule has 7 nitrogen and oxygen atoms in total. The maximum absolute atomic E-state index is 12.6. The lowest BCUT2D eigenvalue weighted by Gasteiger charge is -2.16. The number of carbonyl (C=O) groups is 1. The number of rotatable bonds is 3. The average Bonchev–Trinajstić information content (AvgIpc) is 3.08. The molecule has 25 heavy (non-hydrogen) atoms. The number of carbonyl (C=O) groups excluding carboxylic acids is 1. The summed E-state index contributed by atoms with van der Waals surface area (Å²) in [5.41, 5.74) is 3.11. The summed E-state index contributed by atoms with van der Waals surface area (Å²) in [4.78, 5) is 33.2. The molecule has 0 bridgehead atoms. The molecule has 0 saturated carbocycles. The van der Waals surface area contributed by atoms with Crippen molar-refractivity contribution in [1.29, 1.82) is 0 Å². The van der Waals surface area contributed by atoms with Crippen molar-refractivity contribution in [3.05, 3.63) is 64.1 Å². The number of hydrogen-bond donors (Lipinski definition) is 1. The largest absolute Gasteiger partial charge is 0.336 e. The van der Waals surface area contributed by atoms with Crippen molar-refractivity contribution in [2.24, 2.45) is 0 Å². The standard InChI is InChI=1S/C17H13N5O2S/c1-22(9-10-6-7-13-14(8-10)21-25-20-13)17(24)15-16(23)19-12-5-3-2-4-11(12)18-15/h2-8H,9H2,1H3,(H,19,23). The third-order valence-electron chi connectivity index (χ3n) is 3.89. The molecular weight excluding hydrogens is 338 g/mol. The number of fused-ring (bicyclic) bond motifs is 2. The predicted octanol–water partition coefficient (Wildman–Crippen LogP) is 2.20. The zero-order valence-corrected chi connectivity index (χ0v) is 14.1. The molecule has 1 amide bonds. The second-order valence-electron chi connectivity index (χ2n) is 5.68. The fourth-order valence-electron chi connectivity index (χ4n) is 2.63. The first-order valence-electron chi connectivity index (χ1n) is 7.57. The first kappa shape index (κ1) is 15.4. The highest BCUT2D eigenvalue weighted by atomic mass is 32.1. The normalized spacial score (nSPS) is 11.1. The molecule has 4 rings (SSSR count). The third-order valence-corrected chi connectivity index (χ3v) is 4.44. The molecule has 0 fully saturated rings. The Bertz CT molecular complexity index is 1150. The van der Waals surface area contributed by atoms with Crippen LogP contribution in [0.1, 0.15) is 16.1 Å². The first-order chi connectivity index (χ1) is 12.1. The molecule has 0 aliphatic heterocycles. The summed E-state index contributed by atoms with van der Waals surface area (Å²) in [7, 11) is 1.64. The molecule has 0 spiro atoms.